The Hall–Kier alpha value is -0.410. The number of hydrogen-bond acceptors (Lipinski definition) is 1. The van der Waals surface area contributed by atoms with Gasteiger partial charge in [-0.1, -0.05) is 49.7 Å². The van der Waals surface area contributed by atoms with Crippen LogP contribution in [0.3, 0.4) is 0 Å². The summed E-state index contributed by atoms with van der Waals surface area (Å²) >= 11 is 3.41. The van der Waals surface area contributed by atoms with E-state index in [-0.39, 0.29) is 11.9 Å². The summed E-state index contributed by atoms with van der Waals surface area (Å²) in [6.45, 7) is 9.10. The average molecular weight is 314 g/mol. The number of hydrogen-bond donors (Lipinski definition) is 1. The number of rotatable bonds is 3. The van der Waals surface area contributed by atoms with Crippen molar-refractivity contribution in [3.8, 4) is 0 Å². The molecule has 1 saturated carbocycles. The first-order chi connectivity index (χ1) is 8.18. The predicted molar refractivity (Wildman–Crippen MR) is 76.8 cm³/mol. The zero-order chi connectivity index (χ0) is 13.7. The molecular weight excluding hydrogens is 293 g/mol. The molecule has 1 aromatic rings. The van der Waals surface area contributed by atoms with E-state index in [0.29, 0.717) is 16.7 Å². The molecule has 0 radical (unpaired) electrons. The molecule has 3 heteroatoms. The van der Waals surface area contributed by atoms with Gasteiger partial charge in [-0.05, 0) is 40.9 Å². The Balaban J connectivity index is 2.12. The van der Waals surface area contributed by atoms with Crippen molar-refractivity contribution in [2.24, 2.45) is 22.5 Å². The summed E-state index contributed by atoms with van der Waals surface area (Å²) < 4.78 is 13.9. The van der Waals surface area contributed by atoms with Crippen molar-refractivity contribution in [3.63, 3.8) is 0 Å². The summed E-state index contributed by atoms with van der Waals surface area (Å²) in [6.07, 6.45) is 0.790. The molecule has 1 fully saturated rings. The van der Waals surface area contributed by atoms with Gasteiger partial charge in [0.1, 0.15) is 5.82 Å². The van der Waals surface area contributed by atoms with Gasteiger partial charge in [0.15, 0.2) is 0 Å². The van der Waals surface area contributed by atoms with Crippen molar-refractivity contribution in [2.75, 3.05) is 0 Å². The lowest BCUT2D eigenvalue weighted by atomic mass is 9.98. The van der Waals surface area contributed by atoms with Gasteiger partial charge < -0.3 is 5.73 Å². The largest absolute Gasteiger partial charge is 0.327 e. The second kappa shape index (κ2) is 4.31. The molecule has 1 aliphatic carbocycles. The van der Waals surface area contributed by atoms with Crippen molar-refractivity contribution >= 4 is 15.9 Å². The van der Waals surface area contributed by atoms with Crippen LogP contribution < -0.4 is 5.73 Å². The molecule has 0 amide bonds. The first-order valence-corrected chi connectivity index (χ1v) is 7.16. The molecule has 0 saturated heterocycles. The van der Waals surface area contributed by atoms with E-state index in [1.165, 1.54) is 12.1 Å². The van der Waals surface area contributed by atoms with Gasteiger partial charge in [-0.3, -0.25) is 0 Å². The van der Waals surface area contributed by atoms with Gasteiger partial charge in [0.25, 0.3) is 0 Å². The van der Waals surface area contributed by atoms with E-state index in [4.69, 9.17) is 5.73 Å². The van der Waals surface area contributed by atoms with Gasteiger partial charge in [-0.25, -0.2) is 4.39 Å². The lowest BCUT2D eigenvalue weighted by molar-refractivity contribution is 0.457. The van der Waals surface area contributed by atoms with Crippen LogP contribution in [0.25, 0.3) is 0 Å². The van der Waals surface area contributed by atoms with Crippen LogP contribution in [-0.2, 0) is 6.42 Å². The standard InChI is InChI=1S/C15H21BrFN/c1-14(2)13(15(14,3)4)12(18)7-9-5-6-10(17)8-11(9)16/h5-6,8,12-13H,7,18H2,1-4H3. The van der Waals surface area contributed by atoms with E-state index in [0.717, 1.165) is 16.5 Å². The van der Waals surface area contributed by atoms with E-state index < -0.39 is 0 Å². The maximum absolute atomic E-state index is 13.0. The van der Waals surface area contributed by atoms with Crippen LogP contribution in [-0.4, -0.2) is 6.04 Å². The van der Waals surface area contributed by atoms with Gasteiger partial charge >= 0.3 is 0 Å². The first kappa shape index (κ1) is 14.0. The van der Waals surface area contributed by atoms with Crippen molar-refractivity contribution in [2.45, 2.75) is 40.2 Å². The minimum absolute atomic E-state index is 0.122. The Labute approximate surface area is 117 Å². The van der Waals surface area contributed by atoms with Crippen LogP contribution in [0.5, 0.6) is 0 Å². The summed E-state index contributed by atoms with van der Waals surface area (Å²) in [6, 6.07) is 4.94. The Morgan fingerprint density at radius 2 is 1.83 bits per heavy atom. The van der Waals surface area contributed by atoms with Gasteiger partial charge in [0, 0.05) is 10.5 Å². The Morgan fingerprint density at radius 3 is 2.28 bits per heavy atom. The molecule has 0 aromatic heterocycles. The minimum atomic E-state index is -0.216. The van der Waals surface area contributed by atoms with Crippen LogP contribution in [0.15, 0.2) is 22.7 Å². The van der Waals surface area contributed by atoms with Gasteiger partial charge in [-0.2, -0.15) is 0 Å². The van der Waals surface area contributed by atoms with Crippen molar-refractivity contribution in [1.29, 1.82) is 0 Å². The third-order valence-corrected chi connectivity index (χ3v) is 5.77. The predicted octanol–water partition coefficient (Wildman–Crippen LogP) is 4.14. The third-order valence-electron chi connectivity index (χ3n) is 5.03. The Morgan fingerprint density at radius 1 is 1.28 bits per heavy atom. The van der Waals surface area contributed by atoms with E-state index >= 15 is 0 Å². The topological polar surface area (TPSA) is 26.0 Å². The van der Waals surface area contributed by atoms with Crippen LogP contribution >= 0.6 is 15.9 Å². The second-order valence-electron chi connectivity index (χ2n) is 6.52. The molecule has 1 aliphatic rings. The fraction of sp³-hybridized carbons (Fsp3) is 0.600. The summed E-state index contributed by atoms with van der Waals surface area (Å²) in [5.74, 6) is 0.299. The monoisotopic (exact) mass is 313 g/mol. The lowest BCUT2D eigenvalue weighted by Crippen LogP contribution is -2.28. The molecule has 1 nitrogen and oxygen atoms in total. The summed E-state index contributed by atoms with van der Waals surface area (Å²) in [7, 11) is 0. The summed E-state index contributed by atoms with van der Waals surface area (Å²) in [5, 5.41) is 0. The fourth-order valence-electron chi connectivity index (χ4n) is 3.38. The van der Waals surface area contributed by atoms with Crippen LogP contribution in [0.1, 0.15) is 33.3 Å². The number of nitrogens with two attached hydrogens (primary N) is 1. The Bertz CT molecular complexity index is 454. The SMILES string of the molecule is CC1(C)C(C(N)Cc2ccc(F)cc2Br)C1(C)C. The smallest absolute Gasteiger partial charge is 0.124 e. The molecule has 2 rings (SSSR count). The second-order valence-corrected chi connectivity index (χ2v) is 7.38. The fourth-order valence-corrected chi connectivity index (χ4v) is 3.89. The third kappa shape index (κ3) is 2.12. The molecule has 1 aromatic carbocycles. The van der Waals surface area contributed by atoms with E-state index in [9.17, 15) is 4.39 Å². The quantitative estimate of drug-likeness (QED) is 0.891. The average Bonchev–Trinajstić information content (AvgIpc) is 2.62. The Kier molecular flexibility index (Phi) is 3.35. The highest BCUT2D eigenvalue weighted by atomic mass is 79.9. The minimum Gasteiger partial charge on any atom is -0.327 e. The van der Waals surface area contributed by atoms with Crippen LogP contribution in [0.4, 0.5) is 4.39 Å². The zero-order valence-corrected chi connectivity index (χ0v) is 13.0. The molecule has 100 valence electrons. The van der Waals surface area contributed by atoms with Crippen molar-refractivity contribution in [3.05, 3.63) is 34.1 Å². The van der Waals surface area contributed by atoms with Gasteiger partial charge in [0.05, 0.1) is 0 Å². The normalized spacial score (nSPS) is 22.8. The molecule has 0 bridgehead atoms. The first-order valence-electron chi connectivity index (χ1n) is 6.37. The summed E-state index contributed by atoms with van der Waals surface area (Å²) in [5.41, 5.74) is 8.02. The maximum Gasteiger partial charge on any atom is 0.124 e. The molecule has 1 unspecified atom stereocenters. The molecule has 0 aliphatic heterocycles. The lowest BCUT2D eigenvalue weighted by Gasteiger charge is -2.15. The number of halogens is 2. The highest BCUT2D eigenvalue weighted by Crippen LogP contribution is 2.69. The van der Waals surface area contributed by atoms with Gasteiger partial charge in [-0.15, -0.1) is 0 Å². The summed E-state index contributed by atoms with van der Waals surface area (Å²) in [4.78, 5) is 0. The van der Waals surface area contributed by atoms with E-state index in [1.807, 2.05) is 6.07 Å². The van der Waals surface area contributed by atoms with Crippen molar-refractivity contribution in [1.82, 2.24) is 0 Å². The highest BCUT2D eigenvalue weighted by Gasteiger charge is 2.66. The van der Waals surface area contributed by atoms with E-state index in [1.54, 1.807) is 0 Å². The highest BCUT2D eigenvalue weighted by molar-refractivity contribution is 9.10. The molecule has 0 spiro atoms. The van der Waals surface area contributed by atoms with Crippen LogP contribution in [0, 0.1) is 22.6 Å². The molecule has 0 heterocycles. The zero-order valence-electron chi connectivity index (χ0n) is 11.4. The molecular formula is C15H21BrFN. The van der Waals surface area contributed by atoms with Crippen LogP contribution in [0.2, 0.25) is 0 Å². The van der Waals surface area contributed by atoms with E-state index in [2.05, 4.69) is 43.6 Å². The van der Waals surface area contributed by atoms with Crippen molar-refractivity contribution < 1.29 is 4.39 Å². The molecule has 18 heavy (non-hydrogen) atoms. The van der Waals surface area contributed by atoms with Gasteiger partial charge in [0.2, 0.25) is 0 Å². The number of benzene rings is 1. The maximum atomic E-state index is 13.0. The molecule has 2 N–H and O–H groups in total. The molecule has 1 atom stereocenters.